The SMILES string of the molecule is CCOc1ccc(C(C)=O)cc1CSc1nncn1-c1cccc(Cl)c1. The quantitative estimate of drug-likeness (QED) is 0.430. The third-order valence-electron chi connectivity index (χ3n) is 3.73. The van der Waals surface area contributed by atoms with Crippen molar-refractivity contribution in [2.24, 2.45) is 0 Å². The Balaban J connectivity index is 1.85. The van der Waals surface area contributed by atoms with Crippen LogP contribution in [0.2, 0.25) is 5.02 Å². The normalized spacial score (nSPS) is 10.7. The van der Waals surface area contributed by atoms with E-state index in [1.54, 1.807) is 19.3 Å². The number of benzene rings is 2. The van der Waals surface area contributed by atoms with Gasteiger partial charge in [-0.1, -0.05) is 29.4 Å². The smallest absolute Gasteiger partial charge is 0.195 e. The van der Waals surface area contributed by atoms with Crippen molar-refractivity contribution in [1.29, 1.82) is 0 Å². The van der Waals surface area contributed by atoms with Gasteiger partial charge in [-0.2, -0.15) is 0 Å². The Morgan fingerprint density at radius 2 is 2.12 bits per heavy atom. The number of rotatable bonds is 7. The summed E-state index contributed by atoms with van der Waals surface area (Å²) in [6.07, 6.45) is 1.66. The van der Waals surface area contributed by atoms with Gasteiger partial charge >= 0.3 is 0 Å². The first-order valence-corrected chi connectivity index (χ1v) is 9.50. The third-order valence-corrected chi connectivity index (χ3v) is 4.95. The third kappa shape index (κ3) is 4.26. The predicted octanol–water partition coefficient (Wildman–Crippen LogP) is 4.81. The van der Waals surface area contributed by atoms with Crippen LogP contribution in [0.3, 0.4) is 0 Å². The van der Waals surface area contributed by atoms with E-state index in [1.807, 2.05) is 47.9 Å². The molecule has 2 aromatic carbocycles. The van der Waals surface area contributed by atoms with Crippen LogP contribution in [0.1, 0.15) is 29.8 Å². The van der Waals surface area contributed by atoms with E-state index < -0.39 is 0 Å². The molecule has 0 atom stereocenters. The van der Waals surface area contributed by atoms with Gasteiger partial charge in [-0.25, -0.2) is 0 Å². The van der Waals surface area contributed by atoms with Crippen molar-refractivity contribution in [3.05, 3.63) is 64.9 Å². The highest BCUT2D eigenvalue weighted by atomic mass is 35.5. The number of hydrogen-bond donors (Lipinski definition) is 0. The van der Waals surface area contributed by atoms with Gasteiger partial charge in [0.1, 0.15) is 12.1 Å². The van der Waals surface area contributed by atoms with E-state index in [-0.39, 0.29) is 5.78 Å². The molecule has 0 aliphatic heterocycles. The number of ether oxygens (including phenoxy) is 1. The van der Waals surface area contributed by atoms with Gasteiger partial charge in [-0.15, -0.1) is 10.2 Å². The first-order valence-electron chi connectivity index (χ1n) is 8.14. The van der Waals surface area contributed by atoms with Crippen LogP contribution in [-0.4, -0.2) is 27.2 Å². The van der Waals surface area contributed by atoms with E-state index >= 15 is 0 Å². The topological polar surface area (TPSA) is 57.0 Å². The molecule has 0 N–H and O–H groups in total. The fourth-order valence-electron chi connectivity index (χ4n) is 2.48. The van der Waals surface area contributed by atoms with Crippen LogP contribution in [-0.2, 0) is 5.75 Å². The molecule has 7 heteroatoms. The summed E-state index contributed by atoms with van der Waals surface area (Å²) in [6, 6.07) is 13.0. The van der Waals surface area contributed by atoms with Crippen molar-refractivity contribution >= 4 is 29.1 Å². The van der Waals surface area contributed by atoms with Crippen LogP contribution in [0, 0.1) is 0 Å². The standard InChI is InChI=1S/C19H18ClN3O2S/c1-3-25-18-8-7-14(13(2)24)9-15(18)11-26-19-22-21-12-23(19)17-6-4-5-16(20)10-17/h4-10,12H,3,11H2,1-2H3. The second-order valence-corrected chi connectivity index (χ2v) is 6.94. The highest BCUT2D eigenvalue weighted by Crippen LogP contribution is 2.29. The molecule has 0 saturated heterocycles. The predicted molar refractivity (Wildman–Crippen MR) is 104 cm³/mol. The van der Waals surface area contributed by atoms with Gasteiger partial charge in [-0.3, -0.25) is 9.36 Å². The second kappa shape index (κ2) is 8.38. The molecule has 0 fully saturated rings. The molecule has 134 valence electrons. The first-order chi connectivity index (χ1) is 12.6. The van der Waals surface area contributed by atoms with Crippen molar-refractivity contribution in [1.82, 2.24) is 14.8 Å². The highest BCUT2D eigenvalue weighted by Gasteiger charge is 2.12. The summed E-state index contributed by atoms with van der Waals surface area (Å²) in [4.78, 5) is 11.7. The molecule has 5 nitrogen and oxygen atoms in total. The van der Waals surface area contributed by atoms with Crippen LogP contribution in [0.4, 0.5) is 0 Å². The number of carbonyl (C=O) groups is 1. The average molecular weight is 388 g/mol. The lowest BCUT2D eigenvalue weighted by molar-refractivity contribution is 0.101. The molecule has 3 rings (SSSR count). The zero-order valence-corrected chi connectivity index (χ0v) is 16.0. The van der Waals surface area contributed by atoms with E-state index in [0.29, 0.717) is 22.9 Å². The van der Waals surface area contributed by atoms with Crippen LogP contribution in [0.15, 0.2) is 53.9 Å². The van der Waals surface area contributed by atoms with E-state index in [1.165, 1.54) is 11.8 Å². The molecule has 0 unspecified atom stereocenters. The molecule has 0 radical (unpaired) electrons. The van der Waals surface area contributed by atoms with Gasteiger partial charge < -0.3 is 4.74 Å². The Bertz CT molecular complexity index is 927. The van der Waals surface area contributed by atoms with Crippen molar-refractivity contribution < 1.29 is 9.53 Å². The van der Waals surface area contributed by atoms with Gasteiger partial charge in [0, 0.05) is 21.9 Å². The Kier molecular flexibility index (Phi) is 5.96. The van der Waals surface area contributed by atoms with Gasteiger partial charge in [0.25, 0.3) is 0 Å². The van der Waals surface area contributed by atoms with Gasteiger partial charge in [0.2, 0.25) is 0 Å². The molecule has 1 heterocycles. The number of halogens is 1. The molecule has 26 heavy (non-hydrogen) atoms. The molecule has 0 amide bonds. The van der Waals surface area contributed by atoms with E-state index in [2.05, 4.69) is 10.2 Å². The molecule has 0 aliphatic rings. The van der Waals surface area contributed by atoms with Crippen molar-refractivity contribution in [2.75, 3.05) is 6.61 Å². The highest BCUT2D eigenvalue weighted by molar-refractivity contribution is 7.98. The minimum atomic E-state index is 0.0291. The second-order valence-electron chi connectivity index (χ2n) is 5.56. The number of aromatic nitrogens is 3. The minimum absolute atomic E-state index is 0.0291. The number of nitrogens with zero attached hydrogens (tertiary/aromatic N) is 3. The number of Topliss-reactive ketones (excluding diaryl/α,β-unsaturated/α-hetero) is 1. The summed E-state index contributed by atoms with van der Waals surface area (Å²) in [5.74, 6) is 1.41. The molecule has 0 aliphatic carbocycles. The Morgan fingerprint density at radius 1 is 1.27 bits per heavy atom. The largest absolute Gasteiger partial charge is 0.494 e. The fourth-order valence-corrected chi connectivity index (χ4v) is 3.57. The number of hydrogen-bond acceptors (Lipinski definition) is 5. The first kappa shape index (κ1) is 18.5. The Hall–Kier alpha value is -2.31. The van der Waals surface area contributed by atoms with Crippen LogP contribution >= 0.6 is 23.4 Å². The lowest BCUT2D eigenvalue weighted by atomic mass is 10.1. The Labute approximate surface area is 161 Å². The maximum atomic E-state index is 11.7. The minimum Gasteiger partial charge on any atom is -0.494 e. The summed E-state index contributed by atoms with van der Waals surface area (Å²) in [6.45, 7) is 4.06. The number of ketones is 1. The zero-order valence-electron chi connectivity index (χ0n) is 14.5. The summed E-state index contributed by atoms with van der Waals surface area (Å²) < 4.78 is 7.57. The Morgan fingerprint density at radius 3 is 2.85 bits per heavy atom. The van der Waals surface area contributed by atoms with Gasteiger partial charge in [-0.05, 0) is 50.2 Å². The summed E-state index contributed by atoms with van der Waals surface area (Å²) in [5, 5.41) is 9.60. The molecular formula is C19H18ClN3O2S. The molecule has 0 saturated carbocycles. The maximum Gasteiger partial charge on any atom is 0.195 e. The van der Waals surface area contributed by atoms with Gasteiger partial charge in [0.15, 0.2) is 10.9 Å². The summed E-state index contributed by atoms with van der Waals surface area (Å²) in [7, 11) is 0. The molecule has 0 bridgehead atoms. The van der Waals surface area contributed by atoms with E-state index in [4.69, 9.17) is 16.3 Å². The lowest BCUT2D eigenvalue weighted by Gasteiger charge is -2.12. The molecule has 0 spiro atoms. The number of thioether (sulfide) groups is 1. The summed E-state index contributed by atoms with van der Waals surface area (Å²) in [5.41, 5.74) is 2.51. The molecule has 1 aromatic heterocycles. The van der Waals surface area contributed by atoms with E-state index in [9.17, 15) is 4.79 Å². The van der Waals surface area contributed by atoms with Crippen molar-refractivity contribution in [3.63, 3.8) is 0 Å². The summed E-state index contributed by atoms with van der Waals surface area (Å²) >= 11 is 7.60. The number of carbonyl (C=O) groups excluding carboxylic acids is 1. The lowest BCUT2D eigenvalue weighted by Crippen LogP contribution is -2.00. The van der Waals surface area contributed by atoms with Crippen molar-refractivity contribution in [3.8, 4) is 11.4 Å². The van der Waals surface area contributed by atoms with Crippen LogP contribution < -0.4 is 4.74 Å². The van der Waals surface area contributed by atoms with Crippen LogP contribution in [0.5, 0.6) is 5.75 Å². The van der Waals surface area contributed by atoms with Crippen LogP contribution in [0.25, 0.3) is 5.69 Å². The van der Waals surface area contributed by atoms with E-state index in [0.717, 1.165) is 22.2 Å². The van der Waals surface area contributed by atoms with Gasteiger partial charge in [0.05, 0.1) is 12.3 Å². The molecule has 3 aromatic rings. The monoisotopic (exact) mass is 387 g/mol. The fraction of sp³-hybridized carbons (Fsp3) is 0.211. The zero-order chi connectivity index (χ0) is 18.5. The maximum absolute atomic E-state index is 11.7. The van der Waals surface area contributed by atoms with Crippen molar-refractivity contribution in [2.45, 2.75) is 24.8 Å². The molecular weight excluding hydrogens is 370 g/mol. The average Bonchev–Trinajstić information content (AvgIpc) is 3.09.